The zero-order valence-electron chi connectivity index (χ0n) is 15.9. The van der Waals surface area contributed by atoms with Crippen LogP contribution < -0.4 is 4.72 Å². The molecule has 6 nitrogen and oxygen atoms in total. The summed E-state index contributed by atoms with van der Waals surface area (Å²) in [5, 5.41) is 0. The molecule has 2 aliphatic heterocycles. The Morgan fingerprint density at radius 3 is 2.58 bits per heavy atom. The molecule has 0 amide bonds. The van der Waals surface area contributed by atoms with Crippen molar-refractivity contribution in [2.75, 3.05) is 46.4 Å². The van der Waals surface area contributed by atoms with Gasteiger partial charge in [0, 0.05) is 39.8 Å². The van der Waals surface area contributed by atoms with E-state index in [4.69, 9.17) is 4.74 Å². The van der Waals surface area contributed by atoms with Crippen molar-refractivity contribution in [2.45, 2.75) is 38.2 Å². The van der Waals surface area contributed by atoms with Gasteiger partial charge in [-0.2, -0.15) is 12.7 Å². The number of hydrogen-bond donors (Lipinski definition) is 1. The van der Waals surface area contributed by atoms with Gasteiger partial charge in [-0.3, -0.25) is 0 Å². The van der Waals surface area contributed by atoms with Crippen LogP contribution in [-0.4, -0.2) is 70.1 Å². The molecule has 146 valence electrons. The topological polar surface area (TPSA) is 61.9 Å². The lowest BCUT2D eigenvalue weighted by molar-refractivity contribution is 0.0602. The van der Waals surface area contributed by atoms with Crippen molar-refractivity contribution < 1.29 is 13.2 Å². The third kappa shape index (κ3) is 4.84. The summed E-state index contributed by atoms with van der Waals surface area (Å²) in [5.41, 5.74) is 2.77. The van der Waals surface area contributed by atoms with E-state index >= 15 is 0 Å². The third-order valence-electron chi connectivity index (χ3n) is 5.69. The van der Waals surface area contributed by atoms with Gasteiger partial charge in [0.25, 0.3) is 10.2 Å². The molecule has 1 atom stereocenters. The molecule has 1 N–H and O–H groups in total. The van der Waals surface area contributed by atoms with E-state index in [-0.39, 0.29) is 6.10 Å². The van der Waals surface area contributed by atoms with E-state index < -0.39 is 10.2 Å². The lowest BCUT2D eigenvalue weighted by atomic mass is 9.94. The number of rotatable bonds is 7. The fraction of sp³-hybridized carbons (Fsp3) is 0.684. The van der Waals surface area contributed by atoms with Gasteiger partial charge in [0.15, 0.2) is 0 Å². The largest absolute Gasteiger partial charge is 0.381 e. The Morgan fingerprint density at radius 1 is 1.15 bits per heavy atom. The monoisotopic (exact) mass is 381 g/mol. The molecule has 7 heteroatoms. The van der Waals surface area contributed by atoms with Crippen LogP contribution in [0.1, 0.15) is 36.3 Å². The number of methoxy groups -OCH3 is 1. The highest BCUT2D eigenvalue weighted by atomic mass is 32.2. The highest BCUT2D eigenvalue weighted by Crippen LogP contribution is 2.28. The van der Waals surface area contributed by atoms with E-state index in [1.54, 1.807) is 11.4 Å². The second-order valence-corrected chi connectivity index (χ2v) is 9.13. The lowest BCUT2D eigenvalue weighted by Crippen LogP contribution is -2.47. The maximum absolute atomic E-state index is 12.4. The van der Waals surface area contributed by atoms with Crippen molar-refractivity contribution in [3.63, 3.8) is 0 Å². The van der Waals surface area contributed by atoms with E-state index in [1.807, 2.05) is 0 Å². The van der Waals surface area contributed by atoms with E-state index in [1.165, 1.54) is 11.1 Å². The molecule has 2 aliphatic rings. The normalized spacial score (nSPS) is 23.5. The Bertz CT molecular complexity index is 687. The Labute approximate surface area is 157 Å². The van der Waals surface area contributed by atoms with Crippen molar-refractivity contribution in [3.8, 4) is 0 Å². The van der Waals surface area contributed by atoms with Crippen molar-refractivity contribution in [3.05, 3.63) is 35.4 Å². The number of piperidine rings is 1. The van der Waals surface area contributed by atoms with Gasteiger partial charge in [0.05, 0.1) is 6.10 Å². The van der Waals surface area contributed by atoms with Crippen LogP contribution >= 0.6 is 0 Å². The lowest BCUT2D eigenvalue weighted by Gasteiger charge is -2.30. The first-order chi connectivity index (χ1) is 12.5. The van der Waals surface area contributed by atoms with Crippen LogP contribution in [0.3, 0.4) is 0 Å². The fourth-order valence-electron chi connectivity index (χ4n) is 4.07. The molecule has 2 heterocycles. The molecule has 0 unspecified atom stereocenters. The smallest absolute Gasteiger partial charge is 0.279 e. The van der Waals surface area contributed by atoms with Gasteiger partial charge in [-0.05, 0) is 49.8 Å². The molecule has 0 aliphatic carbocycles. The minimum atomic E-state index is -3.38. The molecule has 0 saturated carbocycles. The fourth-order valence-corrected chi connectivity index (χ4v) is 5.29. The van der Waals surface area contributed by atoms with Crippen LogP contribution in [0.25, 0.3) is 0 Å². The summed E-state index contributed by atoms with van der Waals surface area (Å²) in [6.07, 6.45) is 2.86. The van der Waals surface area contributed by atoms with Gasteiger partial charge in [-0.15, -0.1) is 0 Å². The molecule has 0 radical (unpaired) electrons. The zero-order chi connectivity index (χ0) is 18.6. The summed E-state index contributed by atoms with van der Waals surface area (Å²) < 4.78 is 34.5. The van der Waals surface area contributed by atoms with Gasteiger partial charge in [0.2, 0.25) is 0 Å². The molecule has 1 aromatic carbocycles. The summed E-state index contributed by atoms with van der Waals surface area (Å²) in [6, 6.07) is 8.57. The standard InChI is InChI=1S/C19H31N3O3S/c1-16-5-3-4-6-19(16)17-7-11-21(15-17)14-10-20-26(23,24)22-12-8-18(25-2)9-13-22/h3-6,17-18,20H,7-15H2,1-2H3/t17-/m0/s1. The second kappa shape index (κ2) is 8.80. The quantitative estimate of drug-likeness (QED) is 0.781. The summed E-state index contributed by atoms with van der Waals surface area (Å²) in [4.78, 5) is 2.36. The molecule has 0 spiro atoms. The first-order valence-electron chi connectivity index (χ1n) is 9.55. The Morgan fingerprint density at radius 2 is 1.88 bits per heavy atom. The molecule has 0 bridgehead atoms. The minimum Gasteiger partial charge on any atom is -0.381 e. The number of nitrogens with zero attached hydrogens (tertiary/aromatic N) is 2. The summed E-state index contributed by atoms with van der Waals surface area (Å²) >= 11 is 0. The third-order valence-corrected chi connectivity index (χ3v) is 7.30. The van der Waals surface area contributed by atoms with Crippen LogP contribution in [0, 0.1) is 6.92 Å². The van der Waals surface area contributed by atoms with Crippen LogP contribution in [0.4, 0.5) is 0 Å². The van der Waals surface area contributed by atoms with Crippen molar-refractivity contribution in [1.82, 2.24) is 13.9 Å². The van der Waals surface area contributed by atoms with Crippen LogP contribution in [0.5, 0.6) is 0 Å². The average molecular weight is 382 g/mol. The highest BCUT2D eigenvalue weighted by molar-refractivity contribution is 7.87. The second-order valence-electron chi connectivity index (χ2n) is 7.38. The summed E-state index contributed by atoms with van der Waals surface area (Å²) in [6.45, 7) is 6.49. The number of likely N-dealkylation sites (tertiary alicyclic amines) is 1. The predicted molar refractivity (Wildman–Crippen MR) is 104 cm³/mol. The molecule has 26 heavy (non-hydrogen) atoms. The van der Waals surface area contributed by atoms with E-state index in [2.05, 4.69) is 40.8 Å². The molecule has 1 aromatic rings. The van der Waals surface area contributed by atoms with Crippen LogP contribution in [0.2, 0.25) is 0 Å². The first kappa shape index (κ1) is 19.8. The first-order valence-corrected chi connectivity index (χ1v) is 11.0. The van der Waals surface area contributed by atoms with Crippen LogP contribution in [0.15, 0.2) is 24.3 Å². The van der Waals surface area contributed by atoms with Crippen molar-refractivity contribution in [1.29, 1.82) is 0 Å². The maximum Gasteiger partial charge on any atom is 0.279 e. The van der Waals surface area contributed by atoms with E-state index in [0.717, 1.165) is 38.9 Å². The molecule has 3 rings (SSSR count). The number of benzene rings is 1. The SMILES string of the molecule is COC1CCN(S(=O)(=O)NCCN2CC[C@H](c3ccccc3C)C2)CC1. The number of nitrogens with one attached hydrogen (secondary N) is 1. The zero-order valence-corrected chi connectivity index (χ0v) is 16.7. The summed E-state index contributed by atoms with van der Waals surface area (Å²) in [5.74, 6) is 0.556. The van der Waals surface area contributed by atoms with Gasteiger partial charge < -0.3 is 9.64 Å². The van der Waals surface area contributed by atoms with Gasteiger partial charge in [-0.1, -0.05) is 24.3 Å². The minimum absolute atomic E-state index is 0.185. The highest BCUT2D eigenvalue weighted by Gasteiger charge is 2.28. The van der Waals surface area contributed by atoms with Gasteiger partial charge >= 0.3 is 0 Å². The molecule has 0 aromatic heterocycles. The molecule has 2 saturated heterocycles. The number of aryl methyl sites for hydroxylation is 1. The summed E-state index contributed by atoms with van der Waals surface area (Å²) in [7, 11) is -1.69. The number of hydrogen-bond acceptors (Lipinski definition) is 4. The maximum atomic E-state index is 12.4. The van der Waals surface area contributed by atoms with Crippen molar-refractivity contribution >= 4 is 10.2 Å². The molecular weight excluding hydrogens is 350 g/mol. The Kier molecular flexibility index (Phi) is 6.69. The van der Waals surface area contributed by atoms with E-state index in [9.17, 15) is 8.42 Å². The molecule has 2 fully saturated rings. The number of ether oxygens (including phenoxy) is 1. The van der Waals surface area contributed by atoms with Gasteiger partial charge in [-0.25, -0.2) is 4.72 Å². The van der Waals surface area contributed by atoms with Gasteiger partial charge in [0.1, 0.15) is 0 Å². The molecular formula is C19H31N3O3S. The van der Waals surface area contributed by atoms with Crippen molar-refractivity contribution in [2.24, 2.45) is 0 Å². The predicted octanol–water partition coefficient (Wildman–Crippen LogP) is 1.73. The Balaban J connectivity index is 1.43. The van der Waals surface area contributed by atoms with Crippen LogP contribution in [-0.2, 0) is 14.9 Å². The average Bonchev–Trinajstić information content (AvgIpc) is 3.10. The Hall–Kier alpha value is -0.990. The van der Waals surface area contributed by atoms with E-state index in [0.29, 0.717) is 25.6 Å².